The van der Waals surface area contributed by atoms with Gasteiger partial charge in [-0.2, -0.15) is 0 Å². The summed E-state index contributed by atoms with van der Waals surface area (Å²) in [5.74, 6) is 1.39. The predicted molar refractivity (Wildman–Crippen MR) is 78.1 cm³/mol. The molecule has 3 nitrogen and oxygen atoms in total. The molecule has 1 aromatic carbocycles. The van der Waals surface area contributed by atoms with Crippen LogP contribution in [0.15, 0.2) is 18.2 Å². The number of fused-ring (bicyclic) bond motifs is 5. The molecule has 0 spiro atoms. The molecular weight excluding hydrogens is 264 g/mol. The maximum Gasteiger partial charge on any atom is 0.141 e. The summed E-state index contributed by atoms with van der Waals surface area (Å²) in [6, 6.07) is 5.40. The number of aryl methyl sites for hydroxylation is 1. The molecule has 2 fully saturated rings. The van der Waals surface area contributed by atoms with Crippen LogP contribution < -0.4 is 0 Å². The minimum atomic E-state index is -0.410. The Morgan fingerprint density at radius 2 is 2.00 bits per heavy atom. The topological polar surface area (TPSA) is 54.4 Å². The maximum absolute atomic E-state index is 12.8. The molecule has 110 valence electrons. The van der Waals surface area contributed by atoms with E-state index in [2.05, 4.69) is 0 Å². The van der Waals surface area contributed by atoms with E-state index < -0.39 is 5.41 Å². The smallest absolute Gasteiger partial charge is 0.141 e. The van der Waals surface area contributed by atoms with Crippen LogP contribution in [0.3, 0.4) is 0 Å². The SMILES string of the molecule is C[C@]12CC(=O)[C@H]3c4ccc(O)cc4CC[C@@H]3[C@@H]1CCC2=O. The van der Waals surface area contributed by atoms with Crippen molar-refractivity contribution in [2.45, 2.75) is 44.9 Å². The highest BCUT2D eigenvalue weighted by molar-refractivity contribution is 5.97. The summed E-state index contributed by atoms with van der Waals surface area (Å²) >= 11 is 0. The number of rotatable bonds is 0. The molecule has 0 bridgehead atoms. The Balaban J connectivity index is 1.80. The van der Waals surface area contributed by atoms with Crippen molar-refractivity contribution in [2.24, 2.45) is 17.3 Å². The van der Waals surface area contributed by atoms with Gasteiger partial charge in [0, 0.05) is 24.2 Å². The number of Topliss-reactive ketones (excluding diaryl/α,β-unsaturated/α-hetero) is 2. The summed E-state index contributed by atoms with van der Waals surface area (Å²) in [7, 11) is 0. The molecule has 1 N–H and O–H groups in total. The molecule has 0 amide bonds. The van der Waals surface area contributed by atoms with E-state index in [1.165, 1.54) is 0 Å². The van der Waals surface area contributed by atoms with Crippen LogP contribution in [-0.2, 0) is 16.0 Å². The molecule has 1 aromatic rings. The van der Waals surface area contributed by atoms with Crippen LogP contribution in [0.2, 0.25) is 0 Å². The monoisotopic (exact) mass is 284 g/mol. The number of hydrogen-bond acceptors (Lipinski definition) is 3. The quantitative estimate of drug-likeness (QED) is 0.797. The van der Waals surface area contributed by atoms with Crippen molar-refractivity contribution < 1.29 is 14.7 Å². The van der Waals surface area contributed by atoms with Gasteiger partial charge in [-0.15, -0.1) is 0 Å². The van der Waals surface area contributed by atoms with Crippen molar-refractivity contribution in [1.29, 1.82) is 0 Å². The van der Waals surface area contributed by atoms with E-state index in [0.29, 0.717) is 24.7 Å². The van der Waals surface area contributed by atoms with Crippen molar-refractivity contribution >= 4 is 11.6 Å². The molecule has 0 unspecified atom stereocenters. The van der Waals surface area contributed by atoms with Crippen LogP contribution in [0.5, 0.6) is 5.75 Å². The zero-order valence-electron chi connectivity index (χ0n) is 12.3. The van der Waals surface area contributed by atoms with Crippen molar-refractivity contribution in [1.82, 2.24) is 0 Å². The van der Waals surface area contributed by atoms with E-state index in [4.69, 9.17) is 0 Å². The van der Waals surface area contributed by atoms with Crippen LogP contribution in [0, 0.1) is 17.3 Å². The molecule has 2 saturated carbocycles. The van der Waals surface area contributed by atoms with Crippen LogP contribution in [0.1, 0.15) is 49.7 Å². The highest BCUT2D eigenvalue weighted by Crippen LogP contribution is 2.58. The fourth-order valence-electron chi connectivity index (χ4n) is 5.16. The highest BCUT2D eigenvalue weighted by Gasteiger charge is 2.57. The van der Waals surface area contributed by atoms with Crippen LogP contribution >= 0.6 is 0 Å². The molecule has 0 heterocycles. The summed E-state index contributed by atoms with van der Waals surface area (Å²) in [4.78, 5) is 25.0. The predicted octanol–water partition coefficient (Wildman–Crippen LogP) is 3.00. The normalized spacial score (nSPS) is 37.9. The third kappa shape index (κ3) is 1.66. The number of carbonyl (C=O) groups excluding carboxylic acids is 2. The number of benzene rings is 1. The minimum Gasteiger partial charge on any atom is -0.508 e. The van der Waals surface area contributed by atoms with E-state index in [0.717, 1.165) is 30.4 Å². The molecule has 3 aliphatic carbocycles. The number of ketones is 2. The van der Waals surface area contributed by atoms with E-state index in [1.54, 1.807) is 12.1 Å². The van der Waals surface area contributed by atoms with Gasteiger partial charge < -0.3 is 5.11 Å². The Bertz CT molecular complexity index is 648. The van der Waals surface area contributed by atoms with Gasteiger partial charge in [-0.05, 0) is 54.4 Å². The van der Waals surface area contributed by atoms with E-state index >= 15 is 0 Å². The van der Waals surface area contributed by atoms with Gasteiger partial charge >= 0.3 is 0 Å². The second-order valence-electron chi connectivity index (χ2n) is 7.19. The lowest BCUT2D eigenvalue weighted by Gasteiger charge is -2.47. The highest BCUT2D eigenvalue weighted by atomic mass is 16.3. The molecule has 21 heavy (non-hydrogen) atoms. The molecule has 3 aliphatic rings. The van der Waals surface area contributed by atoms with Crippen molar-refractivity contribution in [3.63, 3.8) is 0 Å². The van der Waals surface area contributed by atoms with Gasteiger partial charge in [0.05, 0.1) is 0 Å². The summed E-state index contributed by atoms with van der Waals surface area (Å²) in [6.45, 7) is 2.01. The van der Waals surface area contributed by atoms with Gasteiger partial charge in [0.2, 0.25) is 0 Å². The second kappa shape index (κ2) is 4.19. The number of aromatic hydroxyl groups is 1. The summed E-state index contributed by atoms with van der Waals surface area (Å²) in [6.07, 6.45) is 3.84. The molecule has 4 atom stereocenters. The molecule has 3 heteroatoms. The average molecular weight is 284 g/mol. The number of carbonyl (C=O) groups is 2. The van der Waals surface area contributed by atoms with Gasteiger partial charge in [0.25, 0.3) is 0 Å². The standard InChI is InChI=1S/C18H20O3/c1-18-9-15(20)17-12-5-3-11(19)8-10(12)2-4-13(17)14(18)6-7-16(18)21/h3,5,8,13-14,17,19H,2,4,6-7,9H2,1H3/t13-,14+,17+,18+/m1/s1. The third-order valence-corrected chi connectivity index (χ3v) is 6.18. The fourth-order valence-corrected chi connectivity index (χ4v) is 5.16. The average Bonchev–Trinajstić information content (AvgIpc) is 2.74. The molecule has 4 rings (SSSR count). The third-order valence-electron chi connectivity index (χ3n) is 6.18. The zero-order chi connectivity index (χ0) is 14.8. The lowest BCUT2D eigenvalue weighted by Crippen LogP contribution is -2.47. The molecular formula is C18H20O3. The minimum absolute atomic E-state index is 0.0571. The van der Waals surface area contributed by atoms with Gasteiger partial charge in [-0.25, -0.2) is 0 Å². The Kier molecular flexibility index (Phi) is 2.60. The summed E-state index contributed by atoms with van der Waals surface area (Å²) < 4.78 is 0. The fraction of sp³-hybridized carbons (Fsp3) is 0.556. The Morgan fingerprint density at radius 1 is 1.19 bits per heavy atom. The lowest BCUT2D eigenvalue weighted by atomic mass is 9.55. The van der Waals surface area contributed by atoms with Crippen molar-refractivity contribution in [3.8, 4) is 5.75 Å². The van der Waals surface area contributed by atoms with E-state index in [1.807, 2.05) is 13.0 Å². The van der Waals surface area contributed by atoms with Crippen molar-refractivity contribution in [3.05, 3.63) is 29.3 Å². The molecule has 0 aliphatic heterocycles. The van der Waals surface area contributed by atoms with Crippen LogP contribution in [-0.4, -0.2) is 16.7 Å². The first-order chi connectivity index (χ1) is 10.0. The summed E-state index contributed by atoms with van der Waals surface area (Å²) in [5, 5.41) is 9.65. The van der Waals surface area contributed by atoms with Gasteiger partial charge in [0.1, 0.15) is 17.3 Å². The lowest BCUT2D eigenvalue weighted by molar-refractivity contribution is -0.139. The van der Waals surface area contributed by atoms with E-state index in [9.17, 15) is 14.7 Å². The largest absolute Gasteiger partial charge is 0.508 e. The molecule has 0 radical (unpaired) electrons. The zero-order valence-corrected chi connectivity index (χ0v) is 12.3. The summed E-state index contributed by atoms with van der Waals surface area (Å²) in [5.41, 5.74) is 1.79. The number of phenols is 1. The van der Waals surface area contributed by atoms with E-state index in [-0.39, 0.29) is 23.2 Å². The second-order valence-corrected chi connectivity index (χ2v) is 7.19. The molecule has 0 aromatic heterocycles. The van der Waals surface area contributed by atoms with Crippen molar-refractivity contribution in [2.75, 3.05) is 0 Å². The van der Waals surface area contributed by atoms with Gasteiger partial charge in [-0.3, -0.25) is 9.59 Å². The Morgan fingerprint density at radius 3 is 2.81 bits per heavy atom. The van der Waals surface area contributed by atoms with Gasteiger partial charge in [0.15, 0.2) is 0 Å². The first-order valence-electron chi connectivity index (χ1n) is 7.88. The number of hydrogen-bond donors (Lipinski definition) is 1. The van der Waals surface area contributed by atoms with Crippen LogP contribution in [0.25, 0.3) is 0 Å². The van der Waals surface area contributed by atoms with Crippen LogP contribution in [0.4, 0.5) is 0 Å². The maximum atomic E-state index is 12.8. The number of phenolic OH excluding ortho intramolecular Hbond substituents is 1. The Hall–Kier alpha value is -1.64. The van der Waals surface area contributed by atoms with Gasteiger partial charge in [-0.1, -0.05) is 13.0 Å². The first-order valence-corrected chi connectivity index (χ1v) is 7.88. The molecule has 0 saturated heterocycles. The Labute approximate surface area is 124 Å². The first kappa shape index (κ1) is 13.1.